The molecule has 0 unspecified atom stereocenters. The minimum Gasteiger partial charge on any atom is -0.451 e. The lowest BCUT2D eigenvalue weighted by atomic mass is 10.0. The second-order valence-electron chi connectivity index (χ2n) is 6.58. The number of aromatic amines is 1. The van der Waals surface area contributed by atoms with Gasteiger partial charge in [-0.05, 0) is 57.0 Å². The summed E-state index contributed by atoms with van der Waals surface area (Å²) in [5, 5.41) is 0. The number of halogens is 3. The number of benzene rings is 1. The molecule has 0 amide bonds. The van der Waals surface area contributed by atoms with Crippen LogP contribution >= 0.6 is 0 Å². The van der Waals surface area contributed by atoms with E-state index in [-0.39, 0.29) is 11.5 Å². The Kier molecular flexibility index (Phi) is 6.46. The SMILES string of the molecule is CC(=O)c1c(C)[nH]c(C(=O)[C@@H](C)OC(=O)/C=C/c2ccc(C(F)(F)F)cc2)c1C. The highest BCUT2D eigenvalue weighted by molar-refractivity contribution is 6.05. The Bertz CT molecular complexity index is 969. The Labute approximate surface area is 165 Å². The molecule has 2 aromatic rings. The summed E-state index contributed by atoms with van der Waals surface area (Å²) in [6.45, 7) is 6.10. The normalized spacial score (nSPS) is 12.8. The highest BCUT2D eigenvalue weighted by Gasteiger charge is 2.30. The first-order chi connectivity index (χ1) is 13.4. The number of ether oxygens (including phenoxy) is 1. The van der Waals surface area contributed by atoms with Crippen LogP contribution in [0.3, 0.4) is 0 Å². The largest absolute Gasteiger partial charge is 0.451 e. The molecule has 5 nitrogen and oxygen atoms in total. The minimum absolute atomic E-state index is 0.181. The van der Waals surface area contributed by atoms with Crippen molar-refractivity contribution in [1.29, 1.82) is 0 Å². The fraction of sp³-hybridized carbons (Fsp3) is 0.286. The minimum atomic E-state index is -4.44. The van der Waals surface area contributed by atoms with Crippen LogP contribution < -0.4 is 0 Å². The van der Waals surface area contributed by atoms with Gasteiger partial charge in [0.25, 0.3) is 0 Å². The third-order valence-electron chi connectivity index (χ3n) is 4.35. The second kappa shape index (κ2) is 8.46. The van der Waals surface area contributed by atoms with Gasteiger partial charge in [0, 0.05) is 17.3 Å². The maximum Gasteiger partial charge on any atom is 0.416 e. The van der Waals surface area contributed by atoms with E-state index < -0.39 is 29.6 Å². The molecule has 2 rings (SSSR count). The monoisotopic (exact) mass is 407 g/mol. The molecule has 0 saturated carbocycles. The Morgan fingerprint density at radius 3 is 2.17 bits per heavy atom. The molecule has 154 valence electrons. The number of aryl methyl sites for hydroxylation is 1. The van der Waals surface area contributed by atoms with Crippen molar-refractivity contribution in [3.63, 3.8) is 0 Å². The zero-order valence-corrected chi connectivity index (χ0v) is 16.3. The molecule has 0 saturated heterocycles. The van der Waals surface area contributed by atoms with E-state index in [1.54, 1.807) is 13.8 Å². The van der Waals surface area contributed by atoms with E-state index in [0.717, 1.165) is 18.2 Å². The summed E-state index contributed by atoms with van der Waals surface area (Å²) in [6, 6.07) is 4.24. The van der Waals surface area contributed by atoms with Crippen molar-refractivity contribution in [2.24, 2.45) is 0 Å². The molecule has 1 heterocycles. The van der Waals surface area contributed by atoms with Gasteiger partial charge >= 0.3 is 12.1 Å². The van der Waals surface area contributed by atoms with Gasteiger partial charge in [0.05, 0.1) is 11.3 Å². The molecular weight excluding hydrogens is 387 g/mol. The van der Waals surface area contributed by atoms with Crippen LogP contribution in [0.1, 0.15) is 57.1 Å². The fourth-order valence-corrected chi connectivity index (χ4v) is 2.94. The van der Waals surface area contributed by atoms with Crippen molar-refractivity contribution in [1.82, 2.24) is 4.98 Å². The predicted molar refractivity (Wildman–Crippen MR) is 101 cm³/mol. The first-order valence-electron chi connectivity index (χ1n) is 8.72. The van der Waals surface area contributed by atoms with Crippen molar-refractivity contribution < 1.29 is 32.3 Å². The van der Waals surface area contributed by atoms with Crippen molar-refractivity contribution in [2.75, 3.05) is 0 Å². The summed E-state index contributed by atoms with van der Waals surface area (Å²) in [6.07, 6.45) is -3.23. The highest BCUT2D eigenvalue weighted by atomic mass is 19.4. The summed E-state index contributed by atoms with van der Waals surface area (Å²) < 4.78 is 42.7. The number of hydrogen-bond acceptors (Lipinski definition) is 4. The molecule has 1 N–H and O–H groups in total. The highest BCUT2D eigenvalue weighted by Crippen LogP contribution is 2.29. The molecule has 29 heavy (non-hydrogen) atoms. The number of Topliss-reactive ketones (excluding diaryl/α,β-unsaturated/α-hetero) is 2. The number of carbonyl (C=O) groups excluding carboxylic acids is 3. The molecule has 0 aliphatic rings. The number of nitrogens with one attached hydrogen (secondary N) is 1. The van der Waals surface area contributed by atoms with Gasteiger partial charge in [0.15, 0.2) is 11.9 Å². The Balaban J connectivity index is 2.05. The fourth-order valence-electron chi connectivity index (χ4n) is 2.94. The van der Waals surface area contributed by atoms with E-state index in [0.29, 0.717) is 22.4 Å². The zero-order chi connectivity index (χ0) is 21.9. The molecule has 0 radical (unpaired) electrons. The Hall–Kier alpha value is -3.16. The lowest BCUT2D eigenvalue weighted by Crippen LogP contribution is -2.24. The van der Waals surface area contributed by atoms with E-state index in [2.05, 4.69) is 4.98 Å². The predicted octanol–water partition coefficient (Wildman–Crippen LogP) is 4.68. The van der Waals surface area contributed by atoms with Crippen LogP contribution in [0.25, 0.3) is 6.08 Å². The van der Waals surface area contributed by atoms with E-state index in [1.165, 1.54) is 32.1 Å². The molecule has 0 fully saturated rings. The van der Waals surface area contributed by atoms with Crippen LogP contribution in [0.15, 0.2) is 30.3 Å². The van der Waals surface area contributed by atoms with E-state index in [4.69, 9.17) is 4.74 Å². The standard InChI is InChI=1S/C21H20F3NO4/c1-11-18(13(3)26)12(2)25-19(11)20(28)14(4)29-17(27)10-7-15-5-8-16(9-6-15)21(22,23)24/h5-10,14,25H,1-4H3/b10-7+/t14-/m1/s1. The molecule has 1 atom stereocenters. The first-order valence-corrected chi connectivity index (χ1v) is 8.72. The van der Waals surface area contributed by atoms with Gasteiger partial charge < -0.3 is 9.72 Å². The van der Waals surface area contributed by atoms with E-state index >= 15 is 0 Å². The van der Waals surface area contributed by atoms with Gasteiger partial charge in [-0.3, -0.25) is 9.59 Å². The summed E-state index contributed by atoms with van der Waals surface area (Å²) >= 11 is 0. The lowest BCUT2D eigenvalue weighted by Gasteiger charge is -2.10. The number of alkyl halides is 3. The topological polar surface area (TPSA) is 76.2 Å². The average Bonchev–Trinajstić information content (AvgIpc) is 2.93. The molecule has 1 aromatic heterocycles. The molecule has 0 spiro atoms. The van der Waals surface area contributed by atoms with Crippen molar-refractivity contribution in [3.8, 4) is 0 Å². The molecule has 0 aliphatic heterocycles. The van der Waals surface area contributed by atoms with Gasteiger partial charge in [-0.25, -0.2) is 4.79 Å². The summed E-state index contributed by atoms with van der Waals surface area (Å²) in [5.41, 5.74) is 1.24. The quantitative estimate of drug-likeness (QED) is 0.429. The van der Waals surface area contributed by atoms with Gasteiger partial charge in [-0.1, -0.05) is 12.1 Å². The molecule has 0 bridgehead atoms. The third-order valence-corrected chi connectivity index (χ3v) is 4.35. The zero-order valence-electron chi connectivity index (χ0n) is 16.3. The van der Waals surface area contributed by atoms with Crippen LogP contribution in [0.4, 0.5) is 13.2 Å². The summed E-state index contributed by atoms with van der Waals surface area (Å²) in [4.78, 5) is 39.0. The maximum absolute atomic E-state index is 12.5. The average molecular weight is 407 g/mol. The number of aromatic nitrogens is 1. The smallest absolute Gasteiger partial charge is 0.416 e. The molecule has 0 aliphatic carbocycles. The number of hydrogen-bond donors (Lipinski definition) is 1. The van der Waals surface area contributed by atoms with E-state index in [1.807, 2.05) is 0 Å². The first kappa shape index (κ1) is 22.1. The van der Waals surface area contributed by atoms with Crippen LogP contribution in [0.5, 0.6) is 0 Å². The second-order valence-corrected chi connectivity index (χ2v) is 6.58. The number of H-pyrrole nitrogens is 1. The number of rotatable bonds is 6. The van der Waals surface area contributed by atoms with E-state index in [9.17, 15) is 27.6 Å². The third kappa shape index (κ3) is 5.22. The van der Waals surface area contributed by atoms with Crippen LogP contribution in [-0.2, 0) is 15.7 Å². The number of ketones is 2. The summed E-state index contributed by atoms with van der Waals surface area (Å²) in [5.74, 6) is -1.49. The van der Waals surface area contributed by atoms with Crippen molar-refractivity contribution >= 4 is 23.6 Å². The summed E-state index contributed by atoms with van der Waals surface area (Å²) in [7, 11) is 0. The lowest BCUT2D eigenvalue weighted by molar-refractivity contribution is -0.140. The van der Waals surface area contributed by atoms with Gasteiger partial charge in [0.2, 0.25) is 5.78 Å². The van der Waals surface area contributed by atoms with Crippen molar-refractivity contribution in [3.05, 3.63) is 64.0 Å². The van der Waals surface area contributed by atoms with Crippen molar-refractivity contribution in [2.45, 2.75) is 40.0 Å². The Morgan fingerprint density at radius 2 is 1.69 bits per heavy atom. The van der Waals surface area contributed by atoms with Gasteiger partial charge in [0.1, 0.15) is 0 Å². The molecule has 1 aromatic carbocycles. The number of esters is 1. The molecule has 8 heteroatoms. The molecular formula is C21H20F3NO4. The van der Waals surface area contributed by atoms with Gasteiger partial charge in [-0.15, -0.1) is 0 Å². The van der Waals surface area contributed by atoms with Crippen LogP contribution in [0, 0.1) is 13.8 Å². The van der Waals surface area contributed by atoms with Gasteiger partial charge in [-0.2, -0.15) is 13.2 Å². The number of carbonyl (C=O) groups is 3. The van der Waals surface area contributed by atoms with Crippen LogP contribution in [-0.4, -0.2) is 28.6 Å². The van der Waals surface area contributed by atoms with Crippen LogP contribution in [0.2, 0.25) is 0 Å². The maximum atomic E-state index is 12.5. The Morgan fingerprint density at radius 1 is 1.10 bits per heavy atom.